The van der Waals surface area contributed by atoms with Crippen molar-refractivity contribution in [3.05, 3.63) is 59.8 Å². The number of para-hydroxylation sites is 1. The smallest absolute Gasteiger partial charge is 0.226 e. The molecule has 1 saturated heterocycles. The summed E-state index contributed by atoms with van der Waals surface area (Å²) in [4.78, 5) is 18.1. The number of hydrogen-bond acceptors (Lipinski definition) is 3. The predicted octanol–water partition coefficient (Wildman–Crippen LogP) is 4.21. The summed E-state index contributed by atoms with van der Waals surface area (Å²) >= 11 is 0. The number of likely N-dealkylation sites (tertiary alicyclic amines) is 1. The highest BCUT2D eigenvalue weighted by molar-refractivity contribution is 5.83. The summed E-state index contributed by atoms with van der Waals surface area (Å²) in [6, 6.07) is 14.1. The molecule has 1 fully saturated rings. The molecular weight excluding hydrogens is 364 g/mol. The van der Waals surface area contributed by atoms with Gasteiger partial charge in [0.25, 0.3) is 0 Å². The van der Waals surface area contributed by atoms with Crippen molar-refractivity contribution in [3.8, 4) is 11.5 Å². The first-order valence-electron chi connectivity index (χ1n) is 10.2. The van der Waals surface area contributed by atoms with Crippen LogP contribution in [0.15, 0.2) is 48.7 Å². The molecule has 3 aromatic rings. The fourth-order valence-electron chi connectivity index (χ4n) is 4.28. The number of benzene rings is 2. The molecule has 5 nitrogen and oxygen atoms in total. The van der Waals surface area contributed by atoms with Gasteiger partial charge in [-0.3, -0.25) is 4.79 Å². The lowest BCUT2D eigenvalue weighted by molar-refractivity contribution is -0.131. The van der Waals surface area contributed by atoms with E-state index in [1.165, 1.54) is 16.5 Å². The molecule has 1 aliphatic rings. The molecular formula is C24H28N2O3. The van der Waals surface area contributed by atoms with Gasteiger partial charge in [-0.05, 0) is 54.5 Å². The van der Waals surface area contributed by atoms with Crippen LogP contribution in [0.25, 0.3) is 10.9 Å². The van der Waals surface area contributed by atoms with Crippen LogP contribution in [0.5, 0.6) is 11.5 Å². The fourth-order valence-corrected chi connectivity index (χ4v) is 4.28. The highest BCUT2D eigenvalue weighted by Crippen LogP contribution is 2.29. The molecule has 2 heterocycles. The molecule has 4 rings (SSSR count). The van der Waals surface area contributed by atoms with E-state index in [0.29, 0.717) is 23.8 Å². The third-order valence-corrected chi connectivity index (χ3v) is 5.95. The molecule has 152 valence electrons. The maximum atomic E-state index is 12.8. The number of H-pyrrole nitrogens is 1. The van der Waals surface area contributed by atoms with Crippen molar-refractivity contribution in [2.75, 3.05) is 27.3 Å². The van der Waals surface area contributed by atoms with Crippen molar-refractivity contribution >= 4 is 16.8 Å². The van der Waals surface area contributed by atoms with Gasteiger partial charge in [-0.2, -0.15) is 0 Å². The summed E-state index contributed by atoms with van der Waals surface area (Å²) in [5, 5.41) is 1.32. The van der Waals surface area contributed by atoms with Crippen molar-refractivity contribution in [1.29, 1.82) is 0 Å². The molecule has 0 bridgehead atoms. The van der Waals surface area contributed by atoms with Gasteiger partial charge in [0.1, 0.15) is 0 Å². The molecule has 0 radical (unpaired) electrons. The zero-order chi connectivity index (χ0) is 20.2. The molecule has 1 N–H and O–H groups in total. The Balaban J connectivity index is 1.33. The maximum absolute atomic E-state index is 12.8. The minimum Gasteiger partial charge on any atom is -0.493 e. The summed E-state index contributed by atoms with van der Waals surface area (Å²) in [6.07, 6.45) is 5.71. The summed E-state index contributed by atoms with van der Waals surface area (Å²) in [5.41, 5.74) is 3.54. The SMILES string of the molecule is COc1ccc(CC(=O)N2CCC(Cc3c[nH]c4ccccc34)CC2)cc1OC. The molecule has 2 aromatic carbocycles. The third-order valence-electron chi connectivity index (χ3n) is 5.95. The van der Waals surface area contributed by atoms with Gasteiger partial charge in [-0.1, -0.05) is 24.3 Å². The number of nitrogens with one attached hydrogen (secondary N) is 1. The molecule has 1 amide bonds. The van der Waals surface area contributed by atoms with Crippen LogP contribution in [-0.4, -0.2) is 43.1 Å². The van der Waals surface area contributed by atoms with Gasteiger partial charge in [0, 0.05) is 30.2 Å². The Kier molecular flexibility index (Phi) is 5.74. The van der Waals surface area contributed by atoms with Crippen molar-refractivity contribution in [2.24, 2.45) is 5.92 Å². The van der Waals surface area contributed by atoms with Crippen molar-refractivity contribution in [3.63, 3.8) is 0 Å². The minimum absolute atomic E-state index is 0.183. The second-order valence-corrected chi connectivity index (χ2v) is 7.75. The van der Waals surface area contributed by atoms with Crippen molar-refractivity contribution in [1.82, 2.24) is 9.88 Å². The number of fused-ring (bicyclic) bond motifs is 1. The zero-order valence-electron chi connectivity index (χ0n) is 17.1. The van der Waals surface area contributed by atoms with E-state index >= 15 is 0 Å². The van der Waals surface area contributed by atoms with E-state index in [4.69, 9.17) is 9.47 Å². The highest BCUT2D eigenvalue weighted by atomic mass is 16.5. The quantitative estimate of drug-likeness (QED) is 0.684. The summed E-state index contributed by atoms with van der Waals surface area (Å²) < 4.78 is 10.6. The molecule has 0 spiro atoms. The van der Waals surface area contributed by atoms with Gasteiger partial charge >= 0.3 is 0 Å². The fraction of sp³-hybridized carbons (Fsp3) is 0.375. The Labute approximate surface area is 171 Å². The first-order chi connectivity index (χ1) is 14.2. The van der Waals surface area contributed by atoms with Gasteiger partial charge in [0.15, 0.2) is 11.5 Å². The topological polar surface area (TPSA) is 54.6 Å². The van der Waals surface area contributed by atoms with Gasteiger partial charge < -0.3 is 19.4 Å². The average Bonchev–Trinajstić information content (AvgIpc) is 3.17. The zero-order valence-corrected chi connectivity index (χ0v) is 17.1. The van der Waals surface area contributed by atoms with Gasteiger partial charge in [-0.15, -0.1) is 0 Å². The predicted molar refractivity (Wildman–Crippen MR) is 115 cm³/mol. The molecule has 29 heavy (non-hydrogen) atoms. The lowest BCUT2D eigenvalue weighted by Gasteiger charge is -2.32. The number of amides is 1. The molecule has 0 aliphatic carbocycles. The van der Waals surface area contributed by atoms with E-state index in [2.05, 4.69) is 35.4 Å². The summed E-state index contributed by atoms with van der Waals surface area (Å²) in [6.45, 7) is 1.66. The number of piperidine rings is 1. The van der Waals surface area contributed by atoms with Crippen LogP contribution in [0.4, 0.5) is 0 Å². The standard InChI is InChI=1S/C24H28N2O3/c1-28-22-8-7-18(14-23(22)29-2)15-24(27)26-11-9-17(10-12-26)13-19-16-25-21-6-4-3-5-20(19)21/h3-8,14,16-17,25H,9-13,15H2,1-2H3. The number of nitrogens with zero attached hydrogens (tertiary/aromatic N) is 1. The minimum atomic E-state index is 0.183. The molecule has 1 aromatic heterocycles. The lowest BCUT2D eigenvalue weighted by Crippen LogP contribution is -2.39. The van der Waals surface area contributed by atoms with Crippen LogP contribution in [0.1, 0.15) is 24.0 Å². The van der Waals surface area contributed by atoms with E-state index in [0.717, 1.165) is 37.9 Å². The first kappa shape index (κ1) is 19.4. The number of ether oxygens (including phenoxy) is 2. The largest absolute Gasteiger partial charge is 0.493 e. The van der Waals surface area contributed by atoms with E-state index in [9.17, 15) is 4.79 Å². The molecule has 1 aliphatic heterocycles. The normalized spacial score (nSPS) is 14.9. The number of rotatable bonds is 6. The number of methoxy groups -OCH3 is 2. The monoisotopic (exact) mass is 392 g/mol. The number of aromatic nitrogens is 1. The van der Waals surface area contributed by atoms with E-state index in [-0.39, 0.29) is 5.91 Å². The Hall–Kier alpha value is -2.95. The molecule has 0 unspecified atom stereocenters. The van der Waals surface area contributed by atoms with Crippen LogP contribution in [0, 0.1) is 5.92 Å². The van der Waals surface area contributed by atoms with E-state index in [1.54, 1.807) is 14.2 Å². The lowest BCUT2D eigenvalue weighted by atomic mass is 9.90. The van der Waals surface area contributed by atoms with E-state index < -0.39 is 0 Å². The van der Waals surface area contributed by atoms with Gasteiger partial charge in [-0.25, -0.2) is 0 Å². The Morgan fingerprint density at radius 2 is 1.83 bits per heavy atom. The maximum Gasteiger partial charge on any atom is 0.226 e. The number of aromatic amines is 1. The highest BCUT2D eigenvalue weighted by Gasteiger charge is 2.24. The average molecular weight is 392 g/mol. The van der Waals surface area contributed by atoms with E-state index in [1.807, 2.05) is 23.1 Å². The summed E-state index contributed by atoms with van der Waals surface area (Å²) in [5.74, 6) is 2.15. The van der Waals surface area contributed by atoms with Crippen LogP contribution in [0.2, 0.25) is 0 Å². The third kappa shape index (κ3) is 4.24. The number of carbonyl (C=O) groups excluding carboxylic acids is 1. The second-order valence-electron chi connectivity index (χ2n) is 7.75. The van der Waals surface area contributed by atoms with Crippen LogP contribution < -0.4 is 9.47 Å². The van der Waals surface area contributed by atoms with Crippen LogP contribution in [-0.2, 0) is 17.6 Å². The molecule has 0 atom stereocenters. The molecule has 5 heteroatoms. The van der Waals surface area contributed by atoms with Crippen molar-refractivity contribution < 1.29 is 14.3 Å². The van der Waals surface area contributed by atoms with Gasteiger partial charge in [0.05, 0.1) is 20.6 Å². The Morgan fingerprint density at radius 1 is 1.07 bits per heavy atom. The Morgan fingerprint density at radius 3 is 2.59 bits per heavy atom. The van der Waals surface area contributed by atoms with Crippen molar-refractivity contribution in [2.45, 2.75) is 25.7 Å². The Bertz CT molecular complexity index is 987. The second kappa shape index (κ2) is 8.60. The summed E-state index contributed by atoms with van der Waals surface area (Å²) in [7, 11) is 3.23. The van der Waals surface area contributed by atoms with Crippen LogP contribution >= 0.6 is 0 Å². The van der Waals surface area contributed by atoms with Gasteiger partial charge in [0.2, 0.25) is 5.91 Å². The van der Waals surface area contributed by atoms with Crippen LogP contribution in [0.3, 0.4) is 0 Å². The number of hydrogen-bond donors (Lipinski definition) is 1. The molecule has 0 saturated carbocycles. The first-order valence-corrected chi connectivity index (χ1v) is 10.2. The number of carbonyl (C=O) groups is 1.